The van der Waals surface area contributed by atoms with E-state index in [0.717, 1.165) is 24.2 Å². The number of fused-ring (bicyclic) bond motifs is 1. The van der Waals surface area contributed by atoms with Crippen LogP contribution in [0.15, 0.2) is 61.2 Å². The molecule has 0 unspecified atom stereocenters. The Kier molecular flexibility index (Phi) is 2.62. The fraction of sp³-hybridized carbons (Fsp3) is 0.176. The first-order valence-corrected chi connectivity index (χ1v) is 6.92. The minimum absolute atomic E-state index is 0.470. The molecule has 20 heavy (non-hydrogen) atoms. The van der Waals surface area contributed by atoms with E-state index in [2.05, 4.69) is 45.0 Å². The Hall–Kier alpha value is -2.42. The average molecular weight is 261 g/mol. The summed E-state index contributed by atoms with van der Waals surface area (Å²) in [4.78, 5) is 8.61. The summed E-state index contributed by atoms with van der Waals surface area (Å²) in [5, 5.41) is 0. The lowest BCUT2D eigenvalue weighted by atomic mass is 10.1. The van der Waals surface area contributed by atoms with Gasteiger partial charge in [0.15, 0.2) is 0 Å². The van der Waals surface area contributed by atoms with Gasteiger partial charge in [0.25, 0.3) is 0 Å². The molecule has 0 fully saturated rings. The van der Waals surface area contributed by atoms with Crippen molar-refractivity contribution in [2.45, 2.75) is 18.9 Å². The molecule has 0 spiro atoms. The predicted octanol–water partition coefficient (Wildman–Crippen LogP) is 3.29. The third kappa shape index (κ3) is 1.83. The van der Waals surface area contributed by atoms with Gasteiger partial charge in [0.1, 0.15) is 5.82 Å². The summed E-state index contributed by atoms with van der Waals surface area (Å²) in [6.45, 7) is 0. The third-order valence-electron chi connectivity index (χ3n) is 4.03. The predicted molar refractivity (Wildman–Crippen MR) is 78.3 cm³/mol. The lowest BCUT2D eigenvalue weighted by Gasteiger charge is -2.15. The molecule has 1 aliphatic carbocycles. The van der Waals surface area contributed by atoms with Gasteiger partial charge in [0.2, 0.25) is 0 Å². The molecule has 1 aromatic carbocycles. The molecule has 2 heterocycles. The molecule has 0 radical (unpaired) electrons. The smallest absolute Gasteiger partial charge is 0.140 e. The molecule has 3 heteroatoms. The van der Waals surface area contributed by atoms with E-state index in [4.69, 9.17) is 0 Å². The van der Waals surface area contributed by atoms with E-state index in [1.54, 1.807) is 0 Å². The maximum atomic E-state index is 4.53. The van der Waals surface area contributed by atoms with Crippen molar-refractivity contribution in [3.63, 3.8) is 0 Å². The fourth-order valence-corrected chi connectivity index (χ4v) is 3.06. The summed E-state index contributed by atoms with van der Waals surface area (Å²) in [7, 11) is 0. The summed E-state index contributed by atoms with van der Waals surface area (Å²) in [6.07, 6.45) is 9.79. The molecule has 0 bridgehead atoms. The van der Waals surface area contributed by atoms with E-state index in [0.29, 0.717) is 6.04 Å². The summed E-state index contributed by atoms with van der Waals surface area (Å²) in [5.41, 5.74) is 4.06. The first kappa shape index (κ1) is 11.4. The van der Waals surface area contributed by atoms with Gasteiger partial charge in [-0.05, 0) is 36.1 Å². The highest BCUT2D eigenvalue weighted by atomic mass is 15.1. The second-order valence-electron chi connectivity index (χ2n) is 5.22. The van der Waals surface area contributed by atoms with Crippen LogP contribution in [0.25, 0.3) is 11.4 Å². The maximum absolute atomic E-state index is 4.53. The minimum Gasteiger partial charge on any atom is -0.327 e. The van der Waals surface area contributed by atoms with E-state index in [9.17, 15) is 0 Å². The topological polar surface area (TPSA) is 30.7 Å². The van der Waals surface area contributed by atoms with E-state index < -0.39 is 0 Å². The second-order valence-corrected chi connectivity index (χ2v) is 5.22. The Morgan fingerprint density at radius 2 is 1.60 bits per heavy atom. The van der Waals surface area contributed by atoms with E-state index in [-0.39, 0.29) is 0 Å². The van der Waals surface area contributed by atoms with Crippen LogP contribution in [0.1, 0.15) is 17.2 Å². The average Bonchev–Trinajstić information content (AvgIpc) is 3.14. The van der Waals surface area contributed by atoms with Gasteiger partial charge in [-0.1, -0.05) is 24.3 Å². The van der Waals surface area contributed by atoms with Crippen molar-refractivity contribution in [3.8, 4) is 11.4 Å². The zero-order valence-corrected chi connectivity index (χ0v) is 11.1. The van der Waals surface area contributed by atoms with Gasteiger partial charge in [-0.2, -0.15) is 0 Å². The molecular weight excluding hydrogens is 246 g/mol. The molecule has 0 amide bonds. The summed E-state index contributed by atoms with van der Waals surface area (Å²) < 4.78 is 2.30. The van der Waals surface area contributed by atoms with Gasteiger partial charge in [-0.3, -0.25) is 4.98 Å². The monoisotopic (exact) mass is 261 g/mol. The van der Waals surface area contributed by atoms with Crippen molar-refractivity contribution in [2.75, 3.05) is 0 Å². The van der Waals surface area contributed by atoms with Gasteiger partial charge < -0.3 is 4.57 Å². The molecule has 1 aliphatic rings. The highest BCUT2D eigenvalue weighted by Gasteiger charge is 2.24. The van der Waals surface area contributed by atoms with Crippen molar-refractivity contribution < 1.29 is 0 Å². The van der Waals surface area contributed by atoms with Gasteiger partial charge in [-0.15, -0.1) is 0 Å². The zero-order chi connectivity index (χ0) is 13.4. The summed E-state index contributed by atoms with van der Waals surface area (Å²) in [6, 6.07) is 13.2. The molecule has 2 aromatic heterocycles. The first-order chi connectivity index (χ1) is 9.92. The SMILES string of the molecule is c1ccc2c(c1)CC(n1ccnc1-c1ccncc1)C2. The van der Waals surface area contributed by atoms with E-state index >= 15 is 0 Å². The van der Waals surface area contributed by atoms with E-state index in [1.807, 2.05) is 30.7 Å². The fourth-order valence-electron chi connectivity index (χ4n) is 3.06. The van der Waals surface area contributed by atoms with Crippen LogP contribution in [0.2, 0.25) is 0 Å². The van der Waals surface area contributed by atoms with Gasteiger partial charge >= 0.3 is 0 Å². The van der Waals surface area contributed by atoms with Crippen LogP contribution < -0.4 is 0 Å². The summed E-state index contributed by atoms with van der Waals surface area (Å²) in [5.74, 6) is 1.03. The number of nitrogens with zero attached hydrogens (tertiary/aromatic N) is 3. The second kappa shape index (κ2) is 4.60. The molecule has 0 saturated heterocycles. The van der Waals surface area contributed by atoms with Gasteiger partial charge in [0.05, 0.1) is 0 Å². The van der Waals surface area contributed by atoms with Gasteiger partial charge in [0, 0.05) is 36.4 Å². The van der Waals surface area contributed by atoms with Gasteiger partial charge in [-0.25, -0.2) is 4.98 Å². The number of pyridine rings is 1. The van der Waals surface area contributed by atoms with Crippen LogP contribution in [0, 0.1) is 0 Å². The third-order valence-corrected chi connectivity index (χ3v) is 4.03. The van der Waals surface area contributed by atoms with Crippen LogP contribution in [-0.2, 0) is 12.8 Å². The highest BCUT2D eigenvalue weighted by molar-refractivity contribution is 5.54. The number of benzene rings is 1. The largest absolute Gasteiger partial charge is 0.327 e. The highest BCUT2D eigenvalue weighted by Crippen LogP contribution is 2.32. The van der Waals surface area contributed by atoms with Crippen molar-refractivity contribution in [1.82, 2.24) is 14.5 Å². The number of hydrogen-bond donors (Lipinski definition) is 0. The number of imidazole rings is 1. The lowest BCUT2D eigenvalue weighted by molar-refractivity contribution is 0.534. The zero-order valence-electron chi connectivity index (χ0n) is 11.1. The molecule has 0 saturated carbocycles. The van der Waals surface area contributed by atoms with Crippen molar-refractivity contribution in [3.05, 3.63) is 72.3 Å². The molecule has 4 rings (SSSR count). The minimum atomic E-state index is 0.470. The van der Waals surface area contributed by atoms with Crippen LogP contribution in [0.5, 0.6) is 0 Å². The molecular formula is C17H15N3. The lowest BCUT2D eigenvalue weighted by Crippen LogP contribution is -2.09. The maximum Gasteiger partial charge on any atom is 0.140 e. The quantitative estimate of drug-likeness (QED) is 0.708. The Bertz CT molecular complexity index is 706. The Labute approximate surface area is 117 Å². The van der Waals surface area contributed by atoms with Crippen molar-refractivity contribution >= 4 is 0 Å². The molecule has 3 aromatic rings. The van der Waals surface area contributed by atoms with Crippen molar-refractivity contribution in [2.24, 2.45) is 0 Å². The molecule has 0 aliphatic heterocycles. The normalized spacial score (nSPS) is 14.4. The number of hydrogen-bond acceptors (Lipinski definition) is 2. The van der Waals surface area contributed by atoms with Crippen LogP contribution in [-0.4, -0.2) is 14.5 Å². The first-order valence-electron chi connectivity index (χ1n) is 6.92. The van der Waals surface area contributed by atoms with E-state index in [1.165, 1.54) is 11.1 Å². The molecule has 0 N–H and O–H groups in total. The Balaban J connectivity index is 1.71. The Morgan fingerprint density at radius 1 is 0.900 bits per heavy atom. The van der Waals surface area contributed by atoms with Crippen LogP contribution in [0.4, 0.5) is 0 Å². The molecule has 3 nitrogen and oxygen atoms in total. The van der Waals surface area contributed by atoms with Crippen LogP contribution in [0.3, 0.4) is 0 Å². The van der Waals surface area contributed by atoms with Crippen LogP contribution >= 0.6 is 0 Å². The Morgan fingerprint density at radius 3 is 2.30 bits per heavy atom. The molecule has 0 atom stereocenters. The van der Waals surface area contributed by atoms with Crippen molar-refractivity contribution in [1.29, 1.82) is 0 Å². The molecule has 98 valence electrons. The standard InChI is InChI=1S/C17H15N3/c1-2-4-15-12-16(11-14(15)3-1)20-10-9-19-17(20)13-5-7-18-8-6-13/h1-10,16H,11-12H2. The summed E-state index contributed by atoms with van der Waals surface area (Å²) >= 11 is 0. The number of aromatic nitrogens is 3. The number of rotatable bonds is 2.